The lowest BCUT2D eigenvalue weighted by Crippen LogP contribution is -2.13. The lowest BCUT2D eigenvalue weighted by molar-refractivity contribution is -0.137. The molecule has 27 heavy (non-hydrogen) atoms. The molecule has 1 N–H and O–H groups in total. The molecule has 3 aromatic rings. The zero-order valence-electron chi connectivity index (χ0n) is 14.7. The summed E-state index contributed by atoms with van der Waals surface area (Å²) in [6, 6.07) is 13.6. The number of aryl methyl sites for hydroxylation is 2. The third kappa shape index (κ3) is 3.57. The van der Waals surface area contributed by atoms with Crippen LogP contribution in [-0.4, -0.2) is 23.5 Å². The molecule has 0 atom stereocenters. The number of carboxylic acids is 1. The molecule has 0 saturated heterocycles. The van der Waals surface area contributed by atoms with Crippen LogP contribution >= 0.6 is 0 Å². The van der Waals surface area contributed by atoms with Crippen LogP contribution in [0.2, 0.25) is 0 Å². The van der Waals surface area contributed by atoms with Crippen LogP contribution in [0.3, 0.4) is 0 Å². The molecule has 0 bridgehead atoms. The number of aliphatic carboxylic acids is 1. The van der Waals surface area contributed by atoms with Gasteiger partial charge in [0.15, 0.2) is 0 Å². The fourth-order valence-corrected chi connectivity index (χ4v) is 4.44. The van der Waals surface area contributed by atoms with Crippen molar-refractivity contribution < 1.29 is 18.3 Å². The van der Waals surface area contributed by atoms with Crippen molar-refractivity contribution in [1.29, 1.82) is 5.26 Å². The van der Waals surface area contributed by atoms with E-state index in [4.69, 9.17) is 5.11 Å². The van der Waals surface area contributed by atoms with E-state index in [0.717, 1.165) is 5.56 Å². The van der Waals surface area contributed by atoms with Crippen LogP contribution in [0, 0.1) is 18.3 Å². The molecule has 2 aromatic carbocycles. The normalized spacial score (nSPS) is 11.4. The van der Waals surface area contributed by atoms with Gasteiger partial charge < -0.3 is 5.11 Å². The van der Waals surface area contributed by atoms with E-state index in [2.05, 4.69) is 6.07 Å². The number of carboxylic acid groups (broad SMARTS) is 1. The van der Waals surface area contributed by atoms with Gasteiger partial charge in [-0.05, 0) is 49.6 Å². The first-order valence-corrected chi connectivity index (χ1v) is 9.85. The molecule has 0 saturated carbocycles. The minimum absolute atomic E-state index is 0.00703. The zero-order chi connectivity index (χ0) is 19.6. The highest BCUT2D eigenvalue weighted by Crippen LogP contribution is 2.29. The van der Waals surface area contributed by atoms with Crippen molar-refractivity contribution in [1.82, 2.24) is 3.97 Å². The predicted molar refractivity (Wildman–Crippen MR) is 101 cm³/mol. The highest BCUT2D eigenvalue weighted by atomic mass is 32.2. The van der Waals surface area contributed by atoms with Crippen molar-refractivity contribution in [2.75, 3.05) is 0 Å². The van der Waals surface area contributed by atoms with Crippen LogP contribution in [0.4, 0.5) is 0 Å². The fourth-order valence-electron chi connectivity index (χ4n) is 3.05. The molecule has 0 unspecified atom stereocenters. The first-order valence-electron chi connectivity index (χ1n) is 8.41. The number of hydrogen-bond acceptors (Lipinski definition) is 4. The molecule has 0 spiro atoms. The topological polar surface area (TPSA) is 100 Å². The third-order valence-electron chi connectivity index (χ3n) is 4.43. The first kappa shape index (κ1) is 18.7. The van der Waals surface area contributed by atoms with Gasteiger partial charge in [-0.2, -0.15) is 5.26 Å². The predicted octanol–water partition coefficient (Wildman–Crippen LogP) is 3.47. The lowest BCUT2D eigenvalue weighted by Gasteiger charge is -2.12. The molecule has 0 amide bonds. The van der Waals surface area contributed by atoms with Gasteiger partial charge in [0.25, 0.3) is 10.0 Å². The molecule has 1 aromatic heterocycles. The highest BCUT2D eigenvalue weighted by molar-refractivity contribution is 7.90. The van der Waals surface area contributed by atoms with Crippen molar-refractivity contribution in [3.8, 4) is 6.07 Å². The lowest BCUT2D eigenvalue weighted by atomic mass is 10.0. The molecule has 138 valence electrons. The van der Waals surface area contributed by atoms with E-state index in [0.29, 0.717) is 34.9 Å². The Hall–Kier alpha value is -3.11. The second kappa shape index (κ2) is 7.25. The number of carbonyl (C=O) groups is 1. The minimum Gasteiger partial charge on any atom is -0.481 e. The summed E-state index contributed by atoms with van der Waals surface area (Å²) >= 11 is 0. The summed E-state index contributed by atoms with van der Waals surface area (Å²) in [6.07, 6.45) is 2.22. The Kier molecular flexibility index (Phi) is 5.02. The van der Waals surface area contributed by atoms with E-state index in [-0.39, 0.29) is 11.3 Å². The van der Waals surface area contributed by atoms with E-state index >= 15 is 0 Å². The van der Waals surface area contributed by atoms with Gasteiger partial charge in [-0.3, -0.25) is 4.79 Å². The van der Waals surface area contributed by atoms with Crippen molar-refractivity contribution in [3.63, 3.8) is 0 Å². The van der Waals surface area contributed by atoms with E-state index < -0.39 is 16.0 Å². The van der Waals surface area contributed by atoms with E-state index in [1.165, 1.54) is 10.2 Å². The Balaban J connectivity index is 2.17. The van der Waals surface area contributed by atoms with Gasteiger partial charge in [-0.15, -0.1) is 0 Å². The smallest absolute Gasteiger partial charge is 0.303 e. The van der Waals surface area contributed by atoms with Gasteiger partial charge in [0, 0.05) is 18.0 Å². The van der Waals surface area contributed by atoms with Crippen LogP contribution in [0.15, 0.2) is 53.6 Å². The number of nitriles is 1. The van der Waals surface area contributed by atoms with Crippen LogP contribution in [-0.2, 0) is 21.2 Å². The molecule has 1 heterocycles. The molecule has 0 fully saturated rings. The molecule has 0 aliphatic carbocycles. The third-order valence-corrected chi connectivity index (χ3v) is 6.12. The van der Waals surface area contributed by atoms with Crippen LogP contribution in [0.25, 0.3) is 10.9 Å². The molecule has 0 aliphatic rings. The standard InChI is InChI=1S/C20H18N2O4S/c1-14-5-9-17(10-6-14)27(25,26)22-12-11-18-16(13-21)8-7-15(20(18)22)3-2-4-19(23)24/h5-12H,2-4H2,1H3,(H,23,24). The molecule has 0 radical (unpaired) electrons. The van der Waals surface area contributed by atoms with E-state index in [9.17, 15) is 18.5 Å². The summed E-state index contributed by atoms with van der Waals surface area (Å²) in [5.41, 5.74) is 2.46. The molecule has 0 aliphatic heterocycles. The number of benzene rings is 2. The molecule has 7 heteroatoms. The summed E-state index contributed by atoms with van der Waals surface area (Å²) in [5, 5.41) is 18.7. The largest absolute Gasteiger partial charge is 0.481 e. The highest BCUT2D eigenvalue weighted by Gasteiger charge is 2.21. The Bertz CT molecular complexity index is 1150. The van der Waals surface area contributed by atoms with Gasteiger partial charge >= 0.3 is 5.97 Å². The van der Waals surface area contributed by atoms with Crippen LogP contribution in [0.5, 0.6) is 0 Å². The second-order valence-corrected chi connectivity index (χ2v) is 8.14. The Labute approximate surface area is 157 Å². The van der Waals surface area contributed by atoms with Crippen molar-refractivity contribution in [2.45, 2.75) is 31.1 Å². The Morgan fingerprint density at radius 1 is 1.15 bits per heavy atom. The van der Waals surface area contributed by atoms with Gasteiger partial charge in [0.1, 0.15) is 0 Å². The maximum absolute atomic E-state index is 13.1. The minimum atomic E-state index is -3.84. The summed E-state index contributed by atoms with van der Waals surface area (Å²) in [7, 11) is -3.84. The second-order valence-electron chi connectivity index (χ2n) is 6.32. The van der Waals surface area contributed by atoms with Gasteiger partial charge in [0.2, 0.25) is 0 Å². The first-order chi connectivity index (χ1) is 12.8. The maximum Gasteiger partial charge on any atom is 0.303 e. The number of aromatic nitrogens is 1. The van der Waals surface area contributed by atoms with Crippen molar-refractivity contribution in [2.24, 2.45) is 0 Å². The zero-order valence-corrected chi connectivity index (χ0v) is 15.5. The summed E-state index contributed by atoms with van der Waals surface area (Å²) in [6.45, 7) is 1.88. The molecular weight excluding hydrogens is 364 g/mol. The monoisotopic (exact) mass is 382 g/mol. The fraction of sp³-hybridized carbons (Fsp3) is 0.200. The Morgan fingerprint density at radius 2 is 1.85 bits per heavy atom. The number of hydrogen-bond donors (Lipinski definition) is 1. The number of nitrogens with zero attached hydrogens (tertiary/aromatic N) is 2. The van der Waals surface area contributed by atoms with Crippen LogP contribution < -0.4 is 0 Å². The van der Waals surface area contributed by atoms with Gasteiger partial charge in [0.05, 0.1) is 22.0 Å². The SMILES string of the molecule is Cc1ccc(S(=O)(=O)n2ccc3c(C#N)ccc(CCCC(=O)O)c32)cc1. The van der Waals surface area contributed by atoms with Crippen LogP contribution in [0.1, 0.15) is 29.5 Å². The summed E-state index contributed by atoms with van der Waals surface area (Å²) < 4.78 is 27.5. The number of rotatable bonds is 6. The Morgan fingerprint density at radius 3 is 2.48 bits per heavy atom. The van der Waals surface area contributed by atoms with Gasteiger partial charge in [-0.25, -0.2) is 12.4 Å². The van der Waals surface area contributed by atoms with Crippen molar-refractivity contribution >= 4 is 26.9 Å². The average molecular weight is 382 g/mol. The van der Waals surface area contributed by atoms with Gasteiger partial charge in [-0.1, -0.05) is 23.8 Å². The van der Waals surface area contributed by atoms with E-state index in [1.807, 2.05) is 6.92 Å². The number of fused-ring (bicyclic) bond motifs is 1. The van der Waals surface area contributed by atoms with Crippen molar-refractivity contribution in [3.05, 3.63) is 65.4 Å². The van der Waals surface area contributed by atoms with E-state index in [1.54, 1.807) is 42.5 Å². The molecule has 3 rings (SSSR count). The maximum atomic E-state index is 13.1. The summed E-state index contributed by atoms with van der Waals surface area (Å²) in [5.74, 6) is -0.900. The molecule has 6 nitrogen and oxygen atoms in total. The summed E-state index contributed by atoms with van der Waals surface area (Å²) in [4.78, 5) is 11.0. The average Bonchev–Trinajstić information content (AvgIpc) is 3.08. The molecular formula is C20H18N2O4S. The quantitative estimate of drug-likeness (QED) is 0.704.